The molecule has 8 rings (SSSR count). The first-order valence-electron chi connectivity index (χ1n) is 17.2. The van der Waals surface area contributed by atoms with Crippen molar-refractivity contribution >= 4 is 29.0 Å². The van der Waals surface area contributed by atoms with Crippen LogP contribution in [0.25, 0.3) is 5.57 Å². The van der Waals surface area contributed by atoms with Gasteiger partial charge in [0, 0.05) is 35.1 Å². The second kappa shape index (κ2) is 11.7. The van der Waals surface area contributed by atoms with Crippen LogP contribution in [0, 0.1) is 23.7 Å². The predicted molar refractivity (Wildman–Crippen MR) is 180 cm³/mol. The summed E-state index contributed by atoms with van der Waals surface area (Å²) in [6.45, 7) is 0. The Balaban J connectivity index is 1.36. The van der Waals surface area contributed by atoms with Gasteiger partial charge in [-0.05, 0) is 54.9 Å². The van der Waals surface area contributed by atoms with E-state index in [0.29, 0.717) is 28.9 Å². The topological polar surface area (TPSA) is 101 Å². The number of phenolic OH excluding ortho intramolecular Hbond substituents is 1. The van der Waals surface area contributed by atoms with Crippen molar-refractivity contribution in [2.75, 3.05) is 7.11 Å². The molecule has 1 heterocycles. The molecule has 3 aromatic carbocycles. The highest BCUT2D eigenvalue weighted by molar-refractivity contribution is 6.31. The van der Waals surface area contributed by atoms with Crippen molar-refractivity contribution < 1.29 is 29.0 Å². The maximum Gasteiger partial charge on any atom is 0.233 e. The van der Waals surface area contributed by atoms with Crippen LogP contribution in [-0.2, 0) is 24.6 Å². The highest BCUT2D eigenvalue weighted by atomic mass is 16.5. The Bertz CT molecular complexity index is 1870. The Morgan fingerprint density at radius 1 is 0.833 bits per heavy atom. The van der Waals surface area contributed by atoms with Crippen LogP contribution in [0.15, 0.2) is 96.6 Å². The Labute approximate surface area is 280 Å². The summed E-state index contributed by atoms with van der Waals surface area (Å²) in [5.74, 6) is -3.16. The zero-order chi connectivity index (χ0) is 33.2. The molecular formula is C41H39NO6. The van der Waals surface area contributed by atoms with Gasteiger partial charge in [0.15, 0.2) is 11.6 Å². The zero-order valence-electron chi connectivity index (χ0n) is 27.0. The number of Topliss-reactive ketones (excluding diaryl/α,β-unsaturated/α-hetero) is 1. The molecule has 1 aliphatic heterocycles. The summed E-state index contributed by atoms with van der Waals surface area (Å²) >= 11 is 0. The fourth-order valence-electron chi connectivity index (χ4n) is 9.88. The molecule has 4 aliphatic carbocycles. The lowest BCUT2D eigenvalue weighted by atomic mass is 9.44. The first-order chi connectivity index (χ1) is 23.4. The van der Waals surface area contributed by atoms with Gasteiger partial charge < -0.3 is 9.84 Å². The third-order valence-corrected chi connectivity index (χ3v) is 11.9. The SMILES string of the molecule is COc1cc(O)ccc1[C@H]1C2=CC[C@@H]3C(=O)N(C4CCCCC4)C(=O)[C@@H]3[C@@H]2C[C@H]2C(=O)C(c3ccccc3)=CC(=O)[C@@]12c1ccccc1. The number of hydrogen-bond donors (Lipinski definition) is 1. The Kier molecular flexibility index (Phi) is 7.46. The number of aromatic hydroxyl groups is 1. The van der Waals surface area contributed by atoms with E-state index in [1.165, 1.54) is 19.3 Å². The van der Waals surface area contributed by atoms with E-state index in [4.69, 9.17) is 4.74 Å². The van der Waals surface area contributed by atoms with Crippen LogP contribution < -0.4 is 4.74 Å². The molecule has 0 spiro atoms. The first-order valence-corrected chi connectivity index (χ1v) is 17.2. The van der Waals surface area contributed by atoms with Gasteiger partial charge in [-0.15, -0.1) is 0 Å². The molecule has 5 aliphatic rings. The monoisotopic (exact) mass is 641 g/mol. The fourth-order valence-corrected chi connectivity index (χ4v) is 9.88. The number of ketones is 2. The normalized spacial score (nSPS) is 30.3. The van der Waals surface area contributed by atoms with Crippen molar-refractivity contribution in [3.63, 3.8) is 0 Å². The largest absolute Gasteiger partial charge is 0.508 e. The summed E-state index contributed by atoms with van der Waals surface area (Å²) in [4.78, 5) is 60.3. The van der Waals surface area contributed by atoms with Gasteiger partial charge in [-0.25, -0.2) is 0 Å². The zero-order valence-corrected chi connectivity index (χ0v) is 27.0. The molecular weight excluding hydrogens is 602 g/mol. The number of nitrogens with zero attached hydrogens (tertiary/aromatic N) is 1. The van der Waals surface area contributed by atoms with Gasteiger partial charge >= 0.3 is 0 Å². The quantitative estimate of drug-likeness (QED) is 0.250. The minimum Gasteiger partial charge on any atom is -0.508 e. The summed E-state index contributed by atoms with van der Waals surface area (Å²) in [6, 6.07) is 23.6. The molecule has 7 nitrogen and oxygen atoms in total. The molecule has 244 valence electrons. The van der Waals surface area contributed by atoms with Crippen molar-refractivity contribution in [2.24, 2.45) is 23.7 Å². The number of rotatable bonds is 5. The lowest BCUT2D eigenvalue weighted by molar-refractivity contribution is -0.144. The molecule has 2 saturated carbocycles. The second-order valence-electron chi connectivity index (χ2n) is 14.1. The van der Waals surface area contributed by atoms with Gasteiger partial charge in [-0.2, -0.15) is 0 Å². The van der Waals surface area contributed by atoms with Gasteiger partial charge in [-0.3, -0.25) is 24.1 Å². The van der Waals surface area contributed by atoms with Crippen molar-refractivity contribution in [3.05, 3.63) is 113 Å². The Morgan fingerprint density at radius 2 is 1.54 bits per heavy atom. The van der Waals surface area contributed by atoms with E-state index in [2.05, 4.69) is 6.08 Å². The number of carbonyl (C=O) groups is 4. The second-order valence-corrected chi connectivity index (χ2v) is 14.1. The number of hydrogen-bond acceptors (Lipinski definition) is 6. The number of ether oxygens (including phenoxy) is 1. The number of carbonyl (C=O) groups excluding carboxylic acids is 4. The summed E-state index contributed by atoms with van der Waals surface area (Å²) in [7, 11) is 1.53. The van der Waals surface area contributed by atoms with E-state index >= 15 is 9.59 Å². The van der Waals surface area contributed by atoms with Crippen LogP contribution in [0.2, 0.25) is 0 Å². The number of imide groups is 1. The van der Waals surface area contributed by atoms with Crippen molar-refractivity contribution in [1.29, 1.82) is 0 Å². The van der Waals surface area contributed by atoms with Gasteiger partial charge in [-0.1, -0.05) is 97.6 Å². The van der Waals surface area contributed by atoms with Gasteiger partial charge in [0.2, 0.25) is 11.8 Å². The van der Waals surface area contributed by atoms with Gasteiger partial charge in [0.1, 0.15) is 11.5 Å². The molecule has 48 heavy (non-hydrogen) atoms. The van der Waals surface area contributed by atoms with Crippen LogP contribution in [0.4, 0.5) is 0 Å². The lowest BCUT2D eigenvalue weighted by Crippen LogP contribution is -2.59. The van der Waals surface area contributed by atoms with Crippen molar-refractivity contribution in [3.8, 4) is 11.5 Å². The third-order valence-electron chi connectivity index (χ3n) is 11.9. The van der Waals surface area contributed by atoms with E-state index in [1.54, 1.807) is 17.0 Å². The summed E-state index contributed by atoms with van der Waals surface area (Å²) in [5, 5.41) is 10.5. The number of methoxy groups -OCH3 is 1. The van der Waals surface area contributed by atoms with Crippen LogP contribution in [0.5, 0.6) is 11.5 Å². The third kappa shape index (κ3) is 4.39. The smallest absolute Gasteiger partial charge is 0.233 e. The number of fused-ring (bicyclic) bond motifs is 4. The minimum atomic E-state index is -1.34. The predicted octanol–water partition coefficient (Wildman–Crippen LogP) is 6.56. The number of allylic oxidation sites excluding steroid dienone is 4. The van der Waals surface area contributed by atoms with Crippen LogP contribution >= 0.6 is 0 Å². The highest BCUT2D eigenvalue weighted by Gasteiger charge is 2.66. The molecule has 0 radical (unpaired) electrons. The maximum absolute atomic E-state index is 15.1. The number of benzene rings is 3. The molecule has 0 aromatic heterocycles. The van der Waals surface area contributed by atoms with E-state index in [0.717, 1.165) is 43.2 Å². The number of phenols is 1. The number of likely N-dealkylation sites (tertiary alicyclic amines) is 1. The highest BCUT2D eigenvalue weighted by Crippen LogP contribution is 2.64. The van der Waals surface area contributed by atoms with E-state index in [9.17, 15) is 14.7 Å². The van der Waals surface area contributed by atoms with Crippen LogP contribution in [-0.4, -0.2) is 46.5 Å². The molecule has 3 fully saturated rings. The maximum atomic E-state index is 15.1. The van der Waals surface area contributed by atoms with Crippen LogP contribution in [0.3, 0.4) is 0 Å². The molecule has 3 aromatic rings. The summed E-state index contributed by atoms with van der Waals surface area (Å²) in [6.07, 6.45) is 9.02. The van der Waals surface area contributed by atoms with Gasteiger partial charge in [0.25, 0.3) is 0 Å². The van der Waals surface area contributed by atoms with Crippen molar-refractivity contribution in [2.45, 2.75) is 62.3 Å². The molecule has 2 amide bonds. The molecule has 0 unspecified atom stereocenters. The summed E-state index contributed by atoms with van der Waals surface area (Å²) in [5.41, 5.74) is 1.98. The Morgan fingerprint density at radius 3 is 2.25 bits per heavy atom. The average Bonchev–Trinajstić information content (AvgIpc) is 3.39. The molecule has 0 bridgehead atoms. The fraction of sp³-hybridized carbons (Fsp3) is 0.366. The standard InChI is InChI=1S/C41H39NO6/c1-48-34-21-27(43)17-18-29(34)37-28-19-20-30-36(40(47)42(39(30)46)26-15-9-4-10-16-26)32(28)22-33-38(45)31(24-11-5-2-6-12-24)23-35(44)41(33,37)25-13-7-3-8-14-25/h2-3,5-8,11-14,17-19,21,23,26,30,32-33,36-37,43H,4,9-10,15-16,20,22H2,1H3/t30-,32+,33-,36-,37+,41-/m0/s1. The molecule has 1 N–H and O–H groups in total. The van der Waals surface area contributed by atoms with E-state index < -0.39 is 35.0 Å². The summed E-state index contributed by atoms with van der Waals surface area (Å²) < 4.78 is 5.87. The van der Waals surface area contributed by atoms with E-state index in [-0.39, 0.29) is 41.6 Å². The molecule has 7 heteroatoms. The van der Waals surface area contributed by atoms with E-state index in [1.807, 2.05) is 60.7 Å². The lowest BCUT2D eigenvalue weighted by Gasteiger charge is -2.55. The van der Waals surface area contributed by atoms with Crippen molar-refractivity contribution in [1.82, 2.24) is 4.90 Å². The Hall–Kier alpha value is -4.78. The van der Waals surface area contributed by atoms with Gasteiger partial charge in [0.05, 0.1) is 24.4 Å². The molecule has 1 saturated heterocycles. The number of amides is 2. The van der Waals surface area contributed by atoms with Crippen LogP contribution in [0.1, 0.15) is 67.6 Å². The first kappa shape index (κ1) is 30.5. The molecule has 6 atom stereocenters. The minimum absolute atomic E-state index is 0.0166. The average molecular weight is 642 g/mol.